The van der Waals surface area contributed by atoms with Crippen LogP contribution in [-0.4, -0.2) is 29.9 Å². The molecule has 1 aromatic heterocycles. The molecule has 1 aliphatic carbocycles. The quantitative estimate of drug-likeness (QED) is 0.288. The standard InChI is InChI=1S/C31H33N3O3S/c1-20-29(38-21(2)32-20)31(36)34(27-15-9-11-22-10-7-8-14-26(22)27)28(23-16-18-25(37-3)19-17-23)30(35)33-24-12-5-4-6-13-24/h7-11,14-19,24,28H,4-6,12-13H2,1-3H3,(H,33,35)/t28-/m0/s1. The minimum absolute atomic E-state index is 0.105. The van der Waals surface area contributed by atoms with E-state index in [1.54, 1.807) is 12.0 Å². The molecule has 6 nitrogen and oxygen atoms in total. The average molecular weight is 528 g/mol. The van der Waals surface area contributed by atoms with E-state index in [0.717, 1.165) is 47.0 Å². The molecule has 196 valence electrons. The van der Waals surface area contributed by atoms with Gasteiger partial charge >= 0.3 is 0 Å². The highest BCUT2D eigenvalue weighted by Gasteiger charge is 2.36. The molecule has 0 bridgehead atoms. The van der Waals surface area contributed by atoms with Gasteiger partial charge in [-0.15, -0.1) is 11.3 Å². The average Bonchev–Trinajstić information content (AvgIpc) is 3.29. The number of ether oxygens (including phenoxy) is 1. The number of fused-ring (bicyclic) bond motifs is 1. The van der Waals surface area contributed by atoms with Crippen LogP contribution in [0.2, 0.25) is 0 Å². The van der Waals surface area contributed by atoms with E-state index in [2.05, 4.69) is 10.3 Å². The van der Waals surface area contributed by atoms with Gasteiger partial charge in [-0.1, -0.05) is 67.8 Å². The molecule has 0 unspecified atom stereocenters. The third-order valence-corrected chi connectivity index (χ3v) is 8.29. The highest BCUT2D eigenvalue weighted by atomic mass is 32.1. The number of thiazole rings is 1. The number of amides is 2. The second-order valence-electron chi connectivity index (χ2n) is 9.84. The van der Waals surface area contributed by atoms with Gasteiger partial charge in [0.05, 0.1) is 23.5 Å². The molecule has 0 radical (unpaired) electrons. The van der Waals surface area contributed by atoms with Crippen LogP contribution in [0.5, 0.6) is 5.75 Å². The second kappa shape index (κ2) is 11.4. The molecule has 1 aliphatic rings. The Labute approximate surface area is 227 Å². The number of aromatic nitrogens is 1. The molecular weight excluding hydrogens is 494 g/mol. The van der Waals surface area contributed by atoms with Crippen LogP contribution in [0.3, 0.4) is 0 Å². The Bertz CT molecular complexity index is 1440. The number of carbonyl (C=O) groups excluding carboxylic acids is 2. The molecule has 0 aliphatic heterocycles. The number of carbonyl (C=O) groups is 2. The van der Waals surface area contributed by atoms with E-state index >= 15 is 0 Å². The topological polar surface area (TPSA) is 71.5 Å². The predicted octanol–water partition coefficient (Wildman–Crippen LogP) is 6.76. The van der Waals surface area contributed by atoms with Gasteiger partial charge in [0.25, 0.3) is 5.91 Å². The summed E-state index contributed by atoms with van der Waals surface area (Å²) in [5, 5.41) is 6.02. The first kappa shape index (κ1) is 25.9. The van der Waals surface area contributed by atoms with Gasteiger partial charge in [0, 0.05) is 11.4 Å². The molecule has 7 heteroatoms. The van der Waals surface area contributed by atoms with Crippen LogP contribution in [0.1, 0.15) is 64.1 Å². The van der Waals surface area contributed by atoms with Crippen LogP contribution < -0.4 is 15.0 Å². The zero-order valence-electron chi connectivity index (χ0n) is 22.1. The van der Waals surface area contributed by atoms with E-state index in [9.17, 15) is 9.59 Å². The molecule has 5 rings (SSSR count). The van der Waals surface area contributed by atoms with Gasteiger partial charge in [-0.3, -0.25) is 14.5 Å². The Morgan fingerprint density at radius 1 is 0.974 bits per heavy atom. The van der Waals surface area contributed by atoms with Gasteiger partial charge in [0.15, 0.2) is 0 Å². The molecule has 3 aromatic carbocycles. The fourth-order valence-corrected chi connectivity index (χ4v) is 6.21. The number of methoxy groups -OCH3 is 1. The van der Waals surface area contributed by atoms with Crippen LogP contribution in [0.15, 0.2) is 66.7 Å². The van der Waals surface area contributed by atoms with Crippen molar-refractivity contribution in [2.24, 2.45) is 0 Å². The lowest BCUT2D eigenvalue weighted by Crippen LogP contribution is -2.47. The first-order valence-corrected chi connectivity index (χ1v) is 14.0. The number of hydrogen-bond donors (Lipinski definition) is 1. The Morgan fingerprint density at radius 2 is 1.68 bits per heavy atom. The number of rotatable bonds is 7. The van der Waals surface area contributed by atoms with E-state index in [1.807, 2.05) is 80.6 Å². The molecule has 1 atom stereocenters. The maximum atomic E-state index is 14.4. The number of hydrogen-bond acceptors (Lipinski definition) is 5. The van der Waals surface area contributed by atoms with Gasteiger partial charge in [-0.25, -0.2) is 4.98 Å². The highest BCUT2D eigenvalue weighted by Crippen LogP contribution is 2.37. The van der Waals surface area contributed by atoms with Crippen LogP contribution >= 0.6 is 11.3 Å². The van der Waals surface area contributed by atoms with Gasteiger partial charge in [-0.05, 0) is 55.8 Å². The van der Waals surface area contributed by atoms with Crippen molar-refractivity contribution in [1.82, 2.24) is 10.3 Å². The summed E-state index contributed by atoms with van der Waals surface area (Å²) in [6.07, 6.45) is 5.30. The lowest BCUT2D eigenvalue weighted by molar-refractivity contribution is -0.123. The minimum atomic E-state index is -0.872. The Hall–Kier alpha value is -3.71. The predicted molar refractivity (Wildman–Crippen MR) is 153 cm³/mol. The van der Waals surface area contributed by atoms with Crippen LogP contribution in [-0.2, 0) is 4.79 Å². The van der Waals surface area contributed by atoms with Crippen molar-refractivity contribution in [3.63, 3.8) is 0 Å². The summed E-state index contributed by atoms with van der Waals surface area (Å²) in [6, 6.07) is 20.5. The summed E-state index contributed by atoms with van der Waals surface area (Å²) >= 11 is 1.36. The largest absolute Gasteiger partial charge is 0.497 e. The summed E-state index contributed by atoms with van der Waals surface area (Å²) in [5.74, 6) is 0.281. The van der Waals surface area contributed by atoms with Crippen molar-refractivity contribution in [2.45, 2.75) is 58.0 Å². The van der Waals surface area contributed by atoms with Gasteiger partial charge in [-0.2, -0.15) is 0 Å². The summed E-state index contributed by atoms with van der Waals surface area (Å²) in [4.78, 5) is 35.4. The van der Waals surface area contributed by atoms with Crippen LogP contribution in [0.25, 0.3) is 10.8 Å². The van der Waals surface area contributed by atoms with Crippen LogP contribution in [0.4, 0.5) is 5.69 Å². The van der Waals surface area contributed by atoms with Crippen molar-refractivity contribution in [2.75, 3.05) is 12.0 Å². The van der Waals surface area contributed by atoms with E-state index in [-0.39, 0.29) is 17.9 Å². The van der Waals surface area contributed by atoms with E-state index < -0.39 is 6.04 Å². The summed E-state index contributed by atoms with van der Waals surface area (Å²) in [7, 11) is 1.61. The Kier molecular flexibility index (Phi) is 7.74. The Balaban J connectivity index is 1.69. The maximum absolute atomic E-state index is 14.4. The number of benzene rings is 3. The zero-order chi connectivity index (χ0) is 26.6. The molecule has 1 fully saturated rings. The minimum Gasteiger partial charge on any atom is -0.497 e. The summed E-state index contributed by atoms with van der Waals surface area (Å²) in [6.45, 7) is 3.75. The fraction of sp³-hybridized carbons (Fsp3) is 0.323. The normalized spacial score (nSPS) is 14.7. The number of aryl methyl sites for hydroxylation is 2. The van der Waals surface area contributed by atoms with Crippen molar-refractivity contribution in [1.29, 1.82) is 0 Å². The first-order chi connectivity index (χ1) is 18.5. The first-order valence-electron chi connectivity index (χ1n) is 13.2. The Morgan fingerprint density at radius 3 is 2.37 bits per heavy atom. The van der Waals surface area contributed by atoms with Crippen molar-refractivity contribution in [3.8, 4) is 5.75 Å². The molecule has 4 aromatic rings. The highest BCUT2D eigenvalue weighted by molar-refractivity contribution is 7.13. The molecule has 0 saturated heterocycles. The van der Waals surface area contributed by atoms with Gasteiger partial charge in [0.2, 0.25) is 5.91 Å². The maximum Gasteiger partial charge on any atom is 0.271 e. The molecule has 38 heavy (non-hydrogen) atoms. The number of anilines is 1. The third-order valence-electron chi connectivity index (χ3n) is 7.23. The lowest BCUT2D eigenvalue weighted by Gasteiger charge is -2.34. The summed E-state index contributed by atoms with van der Waals surface area (Å²) in [5.41, 5.74) is 2.08. The fourth-order valence-electron chi connectivity index (χ4n) is 5.35. The molecule has 1 heterocycles. The number of nitrogens with one attached hydrogen (secondary N) is 1. The molecular formula is C31H33N3O3S. The van der Waals surface area contributed by atoms with Crippen molar-refractivity contribution in [3.05, 3.63) is 87.9 Å². The third kappa shape index (κ3) is 5.29. The zero-order valence-corrected chi connectivity index (χ0v) is 22.9. The molecule has 2 amide bonds. The van der Waals surface area contributed by atoms with E-state index in [4.69, 9.17) is 4.74 Å². The van der Waals surface area contributed by atoms with Crippen molar-refractivity contribution < 1.29 is 14.3 Å². The van der Waals surface area contributed by atoms with Gasteiger partial charge in [0.1, 0.15) is 16.7 Å². The number of nitrogens with zero attached hydrogens (tertiary/aromatic N) is 2. The second-order valence-corrected chi connectivity index (χ2v) is 11.0. The molecule has 0 spiro atoms. The van der Waals surface area contributed by atoms with E-state index in [1.165, 1.54) is 17.8 Å². The SMILES string of the molecule is COc1ccc([C@@H](C(=O)NC2CCCCC2)N(C(=O)c2sc(C)nc2C)c2cccc3ccccc23)cc1. The lowest BCUT2D eigenvalue weighted by atomic mass is 9.94. The van der Waals surface area contributed by atoms with Gasteiger partial charge < -0.3 is 10.1 Å². The molecule has 1 N–H and O–H groups in total. The smallest absolute Gasteiger partial charge is 0.271 e. The monoisotopic (exact) mass is 527 g/mol. The summed E-state index contributed by atoms with van der Waals surface area (Å²) < 4.78 is 5.38. The van der Waals surface area contributed by atoms with E-state index in [0.29, 0.717) is 22.0 Å². The van der Waals surface area contributed by atoms with Crippen molar-refractivity contribution >= 4 is 39.6 Å². The van der Waals surface area contributed by atoms with Crippen LogP contribution in [0, 0.1) is 13.8 Å². The molecule has 1 saturated carbocycles.